The van der Waals surface area contributed by atoms with Gasteiger partial charge in [0.1, 0.15) is 17.0 Å². The lowest BCUT2D eigenvalue weighted by Crippen LogP contribution is -2.10. The summed E-state index contributed by atoms with van der Waals surface area (Å²) in [6, 6.07) is 15.2. The largest absolute Gasteiger partial charge is 0.462 e. The van der Waals surface area contributed by atoms with Crippen LogP contribution in [0.15, 0.2) is 64.8 Å². The van der Waals surface area contributed by atoms with Crippen molar-refractivity contribution < 1.29 is 9.53 Å². The molecule has 3 rings (SSSR count). The molecular weight excluding hydrogens is 384 g/mol. The van der Waals surface area contributed by atoms with Gasteiger partial charge in [-0.3, -0.25) is 0 Å². The molecule has 0 spiro atoms. The van der Waals surface area contributed by atoms with Gasteiger partial charge in [0.05, 0.1) is 12.2 Å². The van der Waals surface area contributed by atoms with Crippen LogP contribution in [0, 0.1) is 12.8 Å². The van der Waals surface area contributed by atoms with Crippen LogP contribution in [0.25, 0.3) is 0 Å². The van der Waals surface area contributed by atoms with Gasteiger partial charge in [-0.05, 0) is 49.2 Å². The molecule has 7 heteroatoms. The molecule has 0 fully saturated rings. The van der Waals surface area contributed by atoms with Crippen LogP contribution < -0.4 is 11.1 Å². The summed E-state index contributed by atoms with van der Waals surface area (Å²) in [7, 11) is 0. The molecule has 0 amide bonds. The Morgan fingerprint density at radius 1 is 1.10 bits per heavy atom. The monoisotopic (exact) mass is 408 g/mol. The van der Waals surface area contributed by atoms with Crippen LogP contribution in [0.3, 0.4) is 0 Å². The molecule has 0 saturated carbocycles. The van der Waals surface area contributed by atoms with Crippen molar-refractivity contribution >= 4 is 34.9 Å². The van der Waals surface area contributed by atoms with Crippen LogP contribution in [0.2, 0.25) is 0 Å². The summed E-state index contributed by atoms with van der Waals surface area (Å²) in [6.45, 7) is 6.44. The molecular formula is C22H24N4O2S. The Balaban J connectivity index is 1.70. The molecule has 0 aliphatic heterocycles. The molecule has 0 atom stereocenters. The van der Waals surface area contributed by atoms with E-state index >= 15 is 0 Å². The van der Waals surface area contributed by atoms with E-state index in [1.807, 2.05) is 45.0 Å². The van der Waals surface area contributed by atoms with Crippen LogP contribution in [0.4, 0.5) is 17.2 Å². The Bertz CT molecular complexity index is 973. The molecule has 3 N–H and O–H groups in total. The number of carbonyl (C=O) groups is 1. The molecule has 0 bridgehead atoms. The van der Waals surface area contributed by atoms with Crippen molar-refractivity contribution in [3.63, 3.8) is 0 Å². The SMILES string of the molecule is Cc1ccc(Sc2ncnc(Nc3ccc(C(=O)OCC(C)C)cc3)c2N)cc1. The zero-order chi connectivity index (χ0) is 20.8. The van der Waals surface area contributed by atoms with Gasteiger partial charge in [-0.25, -0.2) is 14.8 Å². The number of anilines is 3. The minimum absolute atomic E-state index is 0.299. The molecule has 2 aromatic carbocycles. The number of nitrogen functional groups attached to an aromatic ring is 1. The predicted octanol–water partition coefficient (Wildman–Crippen LogP) is 5.07. The molecule has 0 radical (unpaired) electrons. The summed E-state index contributed by atoms with van der Waals surface area (Å²) in [6.07, 6.45) is 1.48. The third-order valence-electron chi connectivity index (χ3n) is 4.01. The second kappa shape index (κ2) is 9.43. The maximum atomic E-state index is 12.0. The first-order valence-electron chi connectivity index (χ1n) is 9.31. The number of carbonyl (C=O) groups excluding carboxylic acids is 1. The molecule has 0 aliphatic carbocycles. The molecule has 1 heterocycles. The van der Waals surface area contributed by atoms with E-state index in [1.165, 1.54) is 23.7 Å². The smallest absolute Gasteiger partial charge is 0.338 e. The number of hydrogen-bond acceptors (Lipinski definition) is 7. The normalized spacial score (nSPS) is 10.8. The number of esters is 1. The van der Waals surface area contributed by atoms with Gasteiger partial charge in [0, 0.05) is 10.6 Å². The fraction of sp³-hybridized carbons (Fsp3) is 0.227. The number of rotatable bonds is 7. The number of benzene rings is 2. The Kier molecular flexibility index (Phi) is 6.72. The molecule has 0 aliphatic rings. The quantitative estimate of drug-likeness (QED) is 0.416. The van der Waals surface area contributed by atoms with E-state index in [9.17, 15) is 4.79 Å². The summed E-state index contributed by atoms with van der Waals surface area (Å²) in [5.74, 6) is 0.487. The maximum absolute atomic E-state index is 12.0. The average molecular weight is 409 g/mol. The highest BCUT2D eigenvalue weighted by Crippen LogP contribution is 2.34. The van der Waals surface area contributed by atoms with E-state index in [-0.39, 0.29) is 5.97 Å². The van der Waals surface area contributed by atoms with Crippen LogP contribution in [-0.4, -0.2) is 22.5 Å². The van der Waals surface area contributed by atoms with Crippen molar-refractivity contribution in [3.05, 3.63) is 66.0 Å². The van der Waals surface area contributed by atoms with Gasteiger partial charge in [-0.1, -0.05) is 43.3 Å². The van der Waals surface area contributed by atoms with Crippen LogP contribution in [0.5, 0.6) is 0 Å². The summed E-state index contributed by atoms with van der Waals surface area (Å²) in [4.78, 5) is 21.6. The number of nitrogens with one attached hydrogen (secondary N) is 1. The first-order valence-corrected chi connectivity index (χ1v) is 10.1. The summed E-state index contributed by atoms with van der Waals surface area (Å²) in [5, 5.41) is 3.86. The van der Waals surface area contributed by atoms with Crippen molar-refractivity contribution in [3.8, 4) is 0 Å². The third-order valence-corrected chi connectivity index (χ3v) is 5.04. The number of hydrogen-bond donors (Lipinski definition) is 2. The molecule has 0 saturated heterocycles. The minimum Gasteiger partial charge on any atom is -0.462 e. The fourth-order valence-electron chi connectivity index (χ4n) is 2.43. The first kappa shape index (κ1) is 20.7. The first-order chi connectivity index (χ1) is 13.9. The Morgan fingerprint density at radius 2 is 1.79 bits per heavy atom. The number of nitrogens with two attached hydrogens (primary N) is 1. The fourth-order valence-corrected chi connectivity index (χ4v) is 3.23. The van der Waals surface area contributed by atoms with E-state index in [2.05, 4.69) is 15.3 Å². The molecule has 0 unspecified atom stereocenters. The van der Waals surface area contributed by atoms with Crippen LogP contribution >= 0.6 is 11.8 Å². The van der Waals surface area contributed by atoms with Crippen LogP contribution in [0.1, 0.15) is 29.8 Å². The lowest BCUT2D eigenvalue weighted by atomic mass is 10.2. The number of aryl methyl sites for hydroxylation is 1. The highest BCUT2D eigenvalue weighted by Gasteiger charge is 2.11. The predicted molar refractivity (Wildman–Crippen MR) is 117 cm³/mol. The van der Waals surface area contributed by atoms with Crippen LogP contribution in [-0.2, 0) is 4.74 Å². The van der Waals surface area contributed by atoms with Gasteiger partial charge in [0.15, 0.2) is 5.82 Å². The zero-order valence-electron chi connectivity index (χ0n) is 16.7. The highest BCUT2D eigenvalue weighted by molar-refractivity contribution is 7.99. The highest BCUT2D eigenvalue weighted by atomic mass is 32.2. The average Bonchev–Trinajstić information content (AvgIpc) is 2.71. The van der Waals surface area contributed by atoms with E-state index in [1.54, 1.807) is 24.3 Å². The third kappa shape index (κ3) is 5.71. The van der Waals surface area contributed by atoms with Crippen molar-refractivity contribution in [2.24, 2.45) is 5.92 Å². The van der Waals surface area contributed by atoms with E-state index < -0.39 is 0 Å². The van der Waals surface area contributed by atoms with Crippen molar-refractivity contribution in [2.75, 3.05) is 17.7 Å². The summed E-state index contributed by atoms with van der Waals surface area (Å²) >= 11 is 1.48. The summed E-state index contributed by atoms with van der Waals surface area (Å²) in [5.41, 5.74) is 9.21. The van der Waals surface area contributed by atoms with E-state index in [4.69, 9.17) is 10.5 Å². The van der Waals surface area contributed by atoms with Gasteiger partial charge in [0.2, 0.25) is 0 Å². The molecule has 3 aromatic rings. The van der Waals surface area contributed by atoms with Gasteiger partial charge < -0.3 is 15.8 Å². The van der Waals surface area contributed by atoms with Gasteiger partial charge in [0.25, 0.3) is 0 Å². The molecule has 1 aromatic heterocycles. The second-order valence-corrected chi connectivity index (χ2v) is 8.11. The second-order valence-electron chi connectivity index (χ2n) is 7.05. The van der Waals surface area contributed by atoms with Crippen molar-refractivity contribution in [1.29, 1.82) is 0 Å². The number of aromatic nitrogens is 2. The Morgan fingerprint density at radius 3 is 2.45 bits per heavy atom. The van der Waals surface area contributed by atoms with Gasteiger partial charge >= 0.3 is 5.97 Å². The Hall–Kier alpha value is -3.06. The number of nitrogens with zero attached hydrogens (tertiary/aromatic N) is 2. The lowest BCUT2D eigenvalue weighted by molar-refractivity contribution is 0.0459. The topological polar surface area (TPSA) is 90.1 Å². The molecule has 6 nitrogen and oxygen atoms in total. The molecule has 29 heavy (non-hydrogen) atoms. The van der Waals surface area contributed by atoms with E-state index in [0.717, 1.165) is 10.6 Å². The Labute approximate surface area is 174 Å². The van der Waals surface area contributed by atoms with Gasteiger partial charge in [-0.2, -0.15) is 0 Å². The van der Waals surface area contributed by atoms with Crippen molar-refractivity contribution in [2.45, 2.75) is 30.7 Å². The zero-order valence-corrected chi connectivity index (χ0v) is 17.5. The maximum Gasteiger partial charge on any atom is 0.338 e. The lowest BCUT2D eigenvalue weighted by Gasteiger charge is -2.12. The van der Waals surface area contributed by atoms with E-state index in [0.29, 0.717) is 34.6 Å². The standard InChI is InChI=1S/C22H24N4O2S/c1-14(2)12-28-22(27)16-6-8-17(9-7-16)26-20-19(23)21(25-13-24-20)29-18-10-4-15(3)5-11-18/h4-11,13-14H,12,23H2,1-3H3,(H,24,25,26). The minimum atomic E-state index is -0.330. The molecule has 150 valence electrons. The van der Waals surface area contributed by atoms with Crippen molar-refractivity contribution in [1.82, 2.24) is 9.97 Å². The summed E-state index contributed by atoms with van der Waals surface area (Å²) < 4.78 is 5.24. The number of ether oxygens (including phenoxy) is 1. The van der Waals surface area contributed by atoms with Gasteiger partial charge in [-0.15, -0.1) is 0 Å².